The minimum absolute atomic E-state index is 0.0242. The maximum absolute atomic E-state index is 13.2. The normalized spacial score (nSPS) is 54.3. The van der Waals surface area contributed by atoms with E-state index in [2.05, 4.69) is 40.7 Å². The van der Waals surface area contributed by atoms with E-state index in [1.165, 1.54) is 5.57 Å². The summed E-state index contributed by atoms with van der Waals surface area (Å²) in [4.78, 5) is 13.2. The molecular weight excluding hydrogens is 852 g/mol. The first-order chi connectivity index (χ1) is 30.5. The predicted molar refractivity (Wildman–Crippen MR) is 226 cm³/mol. The molecule has 23 atom stereocenters. The van der Waals surface area contributed by atoms with E-state index in [0.29, 0.717) is 19.3 Å². The fraction of sp³-hybridized carbons (Fsp3) is 0.936. The molecule has 0 bridgehead atoms. The van der Waals surface area contributed by atoms with E-state index in [-0.39, 0.29) is 52.6 Å². The lowest BCUT2D eigenvalue weighted by atomic mass is 9.33. The van der Waals surface area contributed by atoms with Crippen LogP contribution < -0.4 is 0 Å². The Balaban J connectivity index is 1.06. The van der Waals surface area contributed by atoms with E-state index in [1.807, 2.05) is 6.92 Å². The Morgan fingerprint density at radius 3 is 1.86 bits per heavy atom. The number of ether oxygens (including phenoxy) is 6. The van der Waals surface area contributed by atoms with Gasteiger partial charge >= 0.3 is 5.97 Å². The number of hydrogen-bond acceptors (Lipinski definition) is 17. The van der Waals surface area contributed by atoms with Gasteiger partial charge in [-0.3, -0.25) is 4.79 Å². The van der Waals surface area contributed by atoms with Crippen molar-refractivity contribution >= 4 is 5.97 Å². The van der Waals surface area contributed by atoms with Crippen LogP contribution in [-0.2, 0) is 33.2 Å². The third-order valence-corrected chi connectivity index (χ3v) is 19.2. The highest BCUT2D eigenvalue weighted by Crippen LogP contribution is 2.76. The summed E-state index contributed by atoms with van der Waals surface area (Å²) in [5.41, 5.74) is -0.833. The molecule has 0 spiro atoms. The molecule has 8 rings (SSSR count). The molecule has 4 saturated carbocycles. The fourth-order valence-corrected chi connectivity index (χ4v) is 14.8. The predicted octanol–water partition coefficient (Wildman–Crippen LogP) is 0.318. The summed E-state index contributed by atoms with van der Waals surface area (Å²) in [5.74, 6) is -0.512. The van der Waals surface area contributed by atoms with E-state index in [1.54, 1.807) is 0 Å². The van der Waals surface area contributed by atoms with Crippen LogP contribution in [-0.4, -0.2) is 181 Å². The lowest BCUT2D eigenvalue weighted by Crippen LogP contribution is -2.67. The van der Waals surface area contributed by atoms with E-state index >= 15 is 0 Å². The molecular formula is C47H76O18. The van der Waals surface area contributed by atoms with Gasteiger partial charge in [-0.1, -0.05) is 53.2 Å². The Bertz CT molecular complexity index is 1760. The second-order valence-electron chi connectivity index (χ2n) is 22.9. The molecule has 18 nitrogen and oxygen atoms in total. The van der Waals surface area contributed by atoms with Gasteiger partial charge < -0.3 is 84.6 Å². The highest BCUT2D eigenvalue weighted by Gasteiger charge is 2.70. The molecule has 3 aliphatic heterocycles. The summed E-state index contributed by atoms with van der Waals surface area (Å²) in [5, 5.41) is 117. The lowest BCUT2D eigenvalue weighted by Gasteiger charge is -2.71. The van der Waals surface area contributed by atoms with Crippen molar-refractivity contribution in [1.82, 2.24) is 0 Å². The standard InChI is InChI=1S/C47H76O18/c1-42(2)13-15-47(41(58)59)16-14-45(5)22(23(47)17-42)7-8-28-43(3)11-10-29(44(4,21-50)27(43)9-12-46(28,45)6)64-40-37(65-39-36(57)34(55)31(52)25(19-49)62-39)32(53)26(20-60-40)63-38-35(56)33(54)30(51)24(18-48)61-38/h7,23-40,48-57H,8-21H2,1-6H3,(H,58,59)/t23-,24-,25-,26+,27+,28-,29+,30-,31-,32+,33+,34+,35-,36-,37-,38+,39+,40+,43+,44+,45-,46-,47+/m1/s1. The van der Waals surface area contributed by atoms with Crippen molar-refractivity contribution < 1.29 is 89.4 Å². The molecule has 0 radical (unpaired) electrons. The fourth-order valence-electron chi connectivity index (χ4n) is 14.8. The quantitative estimate of drug-likeness (QED) is 0.104. The molecule has 0 aromatic heterocycles. The summed E-state index contributed by atoms with van der Waals surface area (Å²) >= 11 is 0. The zero-order valence-corrected chi connectivity index (χ0v) is 38.6. The van der Waals surface area contributed by atoms with Gasteiger partial charge in [0.2, 0.25) is 0 Å². The maximum atomic E-state index is 13.2. The topological polar surface area (TPSA) is 295 Å². The third kappa shape index (κ3) is 7.80. The van der Waals surface area contributed by atoms with Gasteiger partial charge in [-0.25, -0.2) is 0 Å². The van der Waals surface area contributed by atoms with Gasteiger partial charge in [0.05, 0.1) is 37.9 Å². The van der Waals surface area contributed by atoms with Crippen LogP contribution in [0.2, 0.25) is 0 Å². The first kappa shape index (κ1) is 50.0. The maximum Gasteiger partial charge on any atom is 0.310 e. The second-order valence-corrected chi connectivity index (χ2v) is 22.9. The second kappa shape index (κ2) is 17.8. The molecule has 3 heterocycles. The SMILES string of the molecule is CC1(C)CC[C@]2(C(=O)O)CC[C@]3(C)C(=CC[C@@H]4[C@@]5(C)CC[C@H](O[C@@H]6OC[C@H](O[C@@H]7O[C@H](CO)[C@@H](O)[C@H](O)[C@H]7O)[C@H](O)[C@H]6O[C@@H]6O[C@H](CO)[C@@H](O)[C@H](O)[C@H]6O)[C@@](C)(CO)[C@H]5CC[C@]43C)[C@H]2C1. The van der Waals surface area contributed by atoms with Gasteiger partial charge in [0.25, 0.3) is 0 Å². The number of fused-ring (bicyclic) bond motifs is 7. The van der Waals surface area contributed by atoms with E-state index in [9.17, 15) is 61.0 Å². The van der Waals surface area contributed by atoms with Crippen molar-refractivity contribution in [2.75, 3.05) is 26.4 Å². The van der Waals surface area contributed by atoms with Crippen LogP contribution in [0.4, 0.5) is 0 Å². The number of aliphatic hydroxyl groups excluding tert-OH is 10. The molecule has 8 aliphatic rings. The lowest BCUT2D eigenvalue weighted by molar-refractivity contribution is -0.383. The van der Waals surface area contributed by atoms with Crippen LogP contribution in [0.1, 0.15) is 106 Å². The van der Waals surface area contributed by atoms with Gasteiger partial charge in [0, 0.05) is 5.41 Å². The zero-order valence-electron chi connectivity index (χ0n) is 38.6. The number of aliphatic hydroxyl groups is 10. The Kier molecular flexibility index (Phi) is 13.7. The monoisotopic (exact) mass is 929 g/mol. The molecule has 0 unspecified atom stereocenters. The third-order valence-electron chi connectivity index (χ3n) is 19.2. The van der Waals surface area contributed by atoms with Crippen molar-refractivity contribution in [3.63, 3.8) is 0 Å². The average molecular weight is 929 g/mol. The highest BCUT2D eigenvalue weighted by atomic mass is 16.8. The number of hydrogen-bond donors (Lipinski definition) is 11. The van der Waals surface area contributed by atoms with Gasteiger partial charge in [0.1, 0.15) is 67.1 Å². The number of aliphatic carboxylic acids is 1. The van der Waals surface area contributed by atoms with Crippen molar-refractivity contribution in [3.8, 4) is 0 Å². The molecule has 0 amide bonds. The zero-order chi connectivity index (χ0) is 47.4. The molecule has 7 fully saturated rings. The van der Waals surface area contributed by atoms with E-state index in [0.717, 1.165) is 44.9 Å². The van der Waals surface area contributed by atoms with Crippen molar-refractivity contribution in [2.24, 2.45) is 50.2 Å². The van der Waals surface area contributed by atoms with E-state index < -0.39 is 122 Å². The van der Waals surface area contributed by atoms with Crippen LogP contribution in [0, 0.1) is 50.2 Å². The Labute approximate surface area is 380 Å². The Morgan fingerprint density at radius 2 is 1.28 bits per heavy atom. The Morgan fingerprint density at radius 1 is 0.677 bits per heavy atom. The molecule has 3 saturated heterocycles. The van der Waals surface area contributed by atoms with Crippen LogP contribution >= 0.6 is 0 Å². The molecule has 5 aliphatic carbocycles. The number of carboxylic acids is 1. The molecule has 0 aromatic carbocycles. The van der Waals surface area contributed by atoms with Gasteiger partial charge in [-0.2, -0.15) is 0 Å². The summed E-state index contributed by atoms with van der Waals surface area (Å²) < 4.78 is 36.3. The van der Waals surface area contributed by atoms with Crippen LogP contribution in [0.3, 0.4) is 0 Å². The van der Waals surface area contributed by atoms with Gasteiger partial charge in [-0.05, 0) is 104 Å². The van der Waals surface area contributed by atoms with E-state index in [4.69, 9.17) is 28.4 Å². The van der Waals surface area contributed by atoms with Crippen molar-refractivity contribution in [1.29, 1.82) is 0 Å². The Hall–Kier alpha value is -1.43. The molecule has 372 valence electrons. The summed E-state index contributed by atoms with van der Waals surface area (Å²) in [6.45, 7) is 11.6. The van der Waals surface area contributed by atoms with Crippen LogP contribution in [0.25, 0.3) is 0 Å². The number of carbonyl (C=O) groups is 1. The average Bonchev–Trinajstić information content (AvgIpc) is 3.26. The van der Waals surface area contributed by atoms with Crippen molar-refractivity contribution in [3.05, 3.63) is 11.6 Å². The number of carboxylic acid groups (broad SMARTS) is 1. The van der Waals surface area contributed by atoms with Gasteiger partial charge in [0.15, 0.2) is 18.9 Å². The smallest absolute Gasteiger partial charge is 0.310 e. The summed E-state index contributed by atoms with van der Waals surface area (Å²) in [7, 11) is 0. The van der Waals surface area contributed by atoms with Gasteiger partial charge in [-0.15, -0.1) is 0 Å². The van der Waals surface area contributed by atoms with Crippen LogP contribution in [0.15, 0.2) is 11.6 Å². The number of allylic oxidation sites excluding steroid dienone is 2. The molecule has 0 aromatic rings. The largest absolute Gasteiger partial charge is 0.481 e. The first-order valence-electron chi connectivity index (χ1n) is 23.9. The summed E-state index contributed by atoms with van der Waals surface area (Å²) in [6, 6.07) is 0. The minimum atomic E-state index is -1.86. The van der Waals surface area contributed by atoms with Crippen molar-refractivity contribution in [2.45, 2.75) is 198 Å². The number of rotatable bonds is 10. The molecule has 11 N–H and O–H groups in total. The van der Waals surface area contributed by atoms with Crippen LogP contribution in [0.5, 0.6) is 0 Å². The first-order valence-corrected chi connectivity index (χ1v) is 23.9. The minimum Gasteiger partial charge on any atom is -0.481 e. The molecule has 65 heavy (non-hydrogen) atoms. The molecule has 18 heteroatoms. The summed E-state index contributed by atoms with van der Waals surface area (Å²) in [6.07, 6.45) is -13.4. The highest BCUT2D eigenvalue weighted by molar-refractivity contribution is 5.76.